The fourth-order valence-electron chi connectivity index (χ4n) is 0.430. The van der Waals surface area contributed by atoms with Gasteiger partial charge in [0.05, 0.1) is 0 Å². The zero-order chi connectivity index (χ0) is 7.98. The van der Waals surface area contributed by atoms with Crippen LogP contribution in [0.25, 0.3) is 0 Å². The molecule has 2 heteroatoms. The van der Waals surface area contributed by atoms with E-state index in [1.807, 2.05) is 0 Å². The Kier molecular flexibility index (Phi) is 4.12. The Bertz CT molecular complexity index is 158. The summed E-state index contributed by atoms with van der Waals surface area (Å²) in [5.41, 5.74) is 0. The summed E-state index contributed by atoms with van der Waals surface area (Å²) >= 11 is 0. The smallest absolute Gasteiger partial charge is 0.123 e. The van der Waals surface area contributed by atoms with Crippen LogP contribution in [0.15, 0.2) is 37.4 Å². The van der Waals surface area contributed by atoms with Gasteiger partial charge in [-0.15, -0.1) is 13.2 Å². The van der Waals surface area contributed by atoms with E-state index in [0.29, 0.717) is 0 Å². The van der Waals surface area contributed by atoms with Crippen LogP contribution in [0.3, 0.4) is 0 Å². The molecule has 0 saturated carbocycles. The first kappa shape index (κ1) is 8.82. The summed E-state index contributed by atoms with van der Waals surface area (Å²) < 4.78 is 23.8. The molecule has 0 radical (unpaired) electrons. The molecule has 0 unspecified atom stereocenters. The third kappa shape index (κ3) is 2.97. The standard InChI is InChI=1S/C6H4F2.C2H4/c7-5-1-2-6(8)4-3-5;1-2/h1-4H;1-2H2. The van der Waals surface area contributed by atoms with Gasteiger partial charge in [-0.3, -0.25) is 0 Å². The van der Waals surface area contributed by atoms with Gasteiger partial charge < -0.3 is 0 Å². The van der Waals surface area contributed by atoms with Crippen LogP contribution in [-0.2, 0) is 0 Å². The molecule has 0 aromatic heterocycles. The highest BCUT2D eigenvalue weighted by atomic mass is 19.1. The lowest BCUT2D eigenvalue weighted by Gasteiger charge is -1.83. The lowest BCUT2D eigenvalue weighted by Crippen LogP contribution is -1.72. The zero-order valence-electron chi connectivity index (χ0n) is 5.48. The van der Waals surface area contributed by atoms with E-state index in [0.717, 1.165) is 24.3 Å². The van der Waals surface area contributed by atoms with Gasteiger partial charge in [-0.2, -0.15) is 0 Å². The van der Waals surface area contributed by atoms with Crippen LogP contribution < -0.4 is 0 Å². The van der Waals surface area contributed by atoms with Crippen molar-refractivity contribution in [3.63, 3.8) is 0 Å². The number of benzene rings is 1. The van der Waals surface area contributed by atoms with Gasteiger partial charge in [0.1, 0.15) is 11.6 Å². The third-order valence-corrected chi connectivity index (χ3v) is 0.804. The van der Waals surface area contributed by atoms with E-state index in [9.17, 15) is 8.78 Å². The first-order chi connectivity index (χ1) is 4.79. The molecule has 0 saturated heterocycles. The topological polar surface area (TPSA) is 0 Å². The SMILES string of the molecule is C=C.Fc1ccc(F)cc1. The number of rotatable bonds is 0. The van der Waals surface area contributed by atoms with E-state index in [-0.39, 0.29) is 0 Å². The molecule has 1 rings (SSSR count). The highest BCUT2D eigenvalue weighted by molar-refractivity contribution is 5.04. The van der Waals surface area contributed by atoms with Crippen molar-refractivity contribution in [2.75, 3.05) is 0 Å². The molecule has 0 aliphatic heterocycles. The summed E-state index contributed by atoms with van der Waals surface area (Å²) in [6, 6.07) is 4.31. The summed E-state index contributed by atoms with van der Waals surface area (Å²) in [6.07, 6.45) is 0. The average Bonchev–Trinajstić information content (AvgIpc) is 2.00. The second kappa shape index (κ2) is 4.68. The molecule has 1 aromatic carbocycles. The Hall–Kier alpha value is -1.18. The molecule has 10 heavy (non-hydrogen) atoms. The maximum absolute atomic E-state index is 11.9. The highest BCUT2D eigenvalue weighted by Gasteiger charge is 1.86. The largest absolute Gasteiger partial charge is 0.207 e. The quantitative estimate of drug-likeness (QED) is 0.488. The minimum absolute atomic E-state index is 0.411. The molecule has 0 spiro atoms. The molecule has 0 bridgehead atoms. The summed E-state index contributed by atoms with van der Waals surface area (Å²) in [7, 11) is 0. The minimum Gasteiger partial charge on any atom is -0.207 e. The number of hydrogen-bond acceptors (Lipinski definition) is 0. The molecule has 0 aliphatic carbocycles. The van der Waals surface area contributed by atoms with Gasteiger partial charge in [0.25, 0.3) is 0 Å². The van der Waals surface area contributed by atoms with Gasteiger partial charge in [-0.05, 0) is 24.3 Å². The Morgan fingerprint density at radius 3 is 1.20 bits per heavy atom. The molecule has 0 atom stereocenters. The van der Waals surface area contributed by atoms with E-state index < -0.39 is 11.6 Å². The van der Waals surface area contributed by atoms with Gasteiger partial charge in [0.2, 0.25) is 0 Å². The molecular formula is C8H8F2. The highest BCUT2D eigenvalue weighted by Crippen LogP contribution is 1.98. The third-order valence-electron chi connectivity index (χ3n) is 0.804. The summed E-state index contributed by atoms with van der Waals surface area (Å²) in [6.45, 7) is 6.00. The van der Waals surface area contributed by atoms with E-state index >= 15 is 0 Å². The zero-order valence-corrected chi connectivity index (χ0v) is 5.48. The van der Waals surface area contributed by atoms with E-state index in [4.69, 9.17) is 0 Å². The van der Waals surface area contributed by atoms with Crippen molar-refractivity contribution in [1.29, 1.82) is 0 Å². The predicted octanol–water partition coefficient (Wildman–Crippen LogP) is 2.77. The summed E-state index contributed by atoms with van der Waals surface area (Å²) in [4.78, 5) is 0. The minimum atomic E-state index is -0.411. The van der Waals surface area contributed by atoms with Gasteiger partial charge in [-0.25, -0.2) is 8.78 Å². The molecular weight excluding hydrogens is 134 g/mol. The predicted molar refractivity (Wildman–Crippen MR) is 37.6 cm³/mol. The molecule has 0 fully saturated rings. The van der Waals surface area contributed by atoms with Gasteiger partial charge in [-0.1, -0.05) is 0 Å². The van der Waals surface area contributed by atoms with Crippen molar-refractivity contribution in [3.05, 3.63) is 49.1 Å². The molecule has 0 nitrogen and oxygen atoms in total. The van der Waals surface area contributed by atoms with Crippen LogP contribution in [0.2, 0.25) is 0 Å². The molecule has 0 heterocycles. The molecule has 1 aromatic rings. The fraction of sp³-hybridized carbons (Fsp3) is 0. The Morgan fingerprint density at radius 1 is 0.800 bits per heavy atom. The Morgan fingerprint density at radius 2 is 1.00 bits per heavy atom. The van der Waals surface area contributed by atoms with Crippen LogP contribution in [-0.4, -0.2) is 0 Å². The van der Waals surface area contributed by atoms with E-state index in [1.54, 1.807) is 0 Å². The van der Waals surface area contributed by atoms with Crippen LogP contribution in [0.1, 0.15) is 0 Å². The normalized spacial score (nSPS) is 7.80. The Balaban J connectivity index is 0.000000371. The maximum Gasteiger partial charge on any atom is 0.123 e. The van der Waals surface area contributed by atoms with Crippen molar-refractivity contribution in [1.82, 2.24) is 0 Å². The molecule has 54 valence electrons. The van der Waals surface area contributed by atoms with Crippen molar-refractivity contribution in [3.8, 4) is 0 Å². The lowest BCUT2D eigenvalue weighted by atomic mass is 10.3. The van der Waals surface area contributed by atoms with Gasteiger partial charge >= 0.3 is 0 Å². The first-order valence-electron chi connectivity index (χ1n) is 2.70. The number of halogens is 2. The van der Waals surface area contributed by atoms with Crippen LogP contribution in [0.4, 0.5) is 8.78 Å². The monoisotopic (exact) mass is 142 g/mol. The first-order valence-corrected chi connectivity index (χ1v) is 2.70. The summed E-state index contributed by atoms with van der Waals surface area (Å²) in [5, 5.41) is 0. The van der Waals surface area contributed by atoms with Crippen LogP contribution in [0, 0.1) is 11.6 Å². The van der Waals surface area contributed by atoms with Crippen molar-refractivity contribution >= 4 is 0 Å². The van der Waals surface area contributed by atoms with Crippen LogP contribution in [0.5, 0.6) is 0 Å². The molecule has 0 N–H and O–H groups in total. The lowest BCUT2D eigenvalue weighted by molar-refractivity contribution is 0.600. The molecule has 0 aliphatic rings. The second-order valence-corrected chi connectivity index (χ2v) is 1.44. The second-order valence-electron chi connectivity index (χ2n) is 1.44. The van der Waals surface area contributed by atoms with Gasteiger partial charge in [0.15, 0.2) is 0 Å². The van der Waals surface area contributed by atoms with Crippen LogP contribution >= 0.6 is 0 Å². The molecule has 0 amide bonds. The maximum atomic E-state index is 11.9. The van der Waals surface area contributed by atoms with Crippen molar-refractivity contribution in [2.45, 2.75) is 0 Å². The van der Waals surface area contributed by atoms with Crippen molar-refractivity contribution in [2.24, 2.45) is 0 Å². The number of hydrogen-bond donors (Lipinski definition) is 0. The Labute approximate surface area is 58.8 Å². The fourth-order valence-corrected chi connectivity index (χ4v) is 0.430. The van der Waals surface area contributed by atoms with Gasteiger partial charge in [0, 0.05) is 0 Å². The summed E-state index contributed by atoms with van der Waals surface area (Å²) in [5.74, 6) is -0.821. The van der Waals surface area contributed by atoms with E-state index in [2.05, 4.69) is 13.2 Å². The van der Waals surface area contributed by atoms with Crippen molar-refractivity contribution < 1.29 is 8.78 Å². The average molecular weight is 142 g/mol. The van der Waals surface area contributed by atoms with E-state index in [1.165, 1.54) is 0 Å².